The highest BCUT2D eigenvalue weighted by atomic mass is 32.1. The maximum absolute atomic E-state index is 10.0. The van der Waals surface area contributed by atoms with Gasteiger partial charge in [-0.2, -0.15) is 0 Å². The molecule has 2 heteroatoms. The molecule has 0 unspecified atom stereocenters. The highest BCUT2D eigenvalue weighted by Crippen LogP contribution is 2.35. The summed E-state index contributed by atoms with van der Waals surface area (Å²) in [6, 6.07) is 4.07. The lowest BCUT2D eigenvalue weighted by Crippen LogP contribution is -2.14. The minimum absolute atomic E-state index is 0.194. The van der Waals surface area contributed by atoms with Gasteiger partial charge in [0.15, 0.2) is 0 Å². The number of hydrogen-bond acceptors (Lipinski definition) is 2. The van der Waals surface area contributed by atoms with Gasteiger partial charge in [0.25, 0.3) is 0 Å². The van der Waals surface area contributed by atoms with Gasteiger partial charge >= 0.3 is 0 Å². The Morgan fingerprint density at radius 2 is 2.08 bits per heavy atom. The summed E-state index contributed by atoms with van der Waals surface area (Å²) in [5.41, 5.74) is 0. The Bertz CT molecular complexity index is 237. The first kappa shape index (κ1) is 9.22. The van der Waals surface area contributed by atoms with Gasteiger partial charge in [0.05, 0.1) is 6.10 Å². The summed E-state index contributed by atoms with van der Waals surface area (Å²) in [6.07, 6.45) is 6.17. The summed E-state index contributed by atoms with van der Waals surface area (Å²) >= 11 is 1.67. The molecule has 0 radical (unpaired) electrons. The molecule has 2 rings (SSSR count). The number of aliphatic hydroxyl groups excluding tert-OH is 1. The summed E-state index contributed by atoms with van der Waals surface area (Å²) < 4.78 is 0. The zero-order valence-corrected chi connectivity index (χ0v) is 8.59. The quantitative estimate of drug-likeness (QED) is 0.769. The predicted octanol–water partition coefficient (Wildman–Crippen LogP) is 3.36. The Labute approximate surface area is 83.4 Å². The van der Waals surface area contributed by atoms with Crippen molar-refractivity contribution in [3.05, 3.63) is 22.4 Å². The van der Waals surface area contributed by atoms with Gasteiger partial charge in [-0.25, -0.2) is 0 Å². The van der Waals surface area contributed by atoms with Crippen LogP contribution in [0.3, 0.4) is 0 Å². The van der Waals surface area contributed by atoms with Crippen LogP contribution in [0.2, 0.25) is 0 Å². The van der Waals surface area contributed by atoms with Crippen molar-refractivity contribution in [1.29, 1.82) is 0 Å². The second-order valence-electron chi connectivity index (χ2n) is 3.86. The number of rotatable bonds is 2. The fraction of sp³-hybridized carbons (Fsp3) is 0.636. The second-order valence-corrected chi connectivity index (χ2v) is 4.84. The third-order valence-electron chi connectivity index (χ3n) is 2.93. The van der Waals surface area contributed by atoms with Crippen LogP contribution in [0.25, 0.3) is 0 Å². The van der Waals surface area contributed by atoms with Crippen LogP contribution in [-0.4, -0.2) is 5.11 Å². The maximum atomic E-state index is 10.0. The van der Waals surface area contributed by atoms with Gasteiger partial charge in [0.2, 0.25) is 0 Å². The van der Waals surface area contributed by atoms with Gasteiger partial charge in [0.1, 0.15) is 0 Å². The standard InChI is InChI=1S/C11H16OS/c12-11(10-7-4-8-13-10)9-5-2-1-3-6-9/h4,7-9,11-12H,1-3,5-6H2/t11-/m0/s1. The van der Waals surface area contributed by atoms with E-state index >= 15 is 0 Å². The Morgan fingerprint density at radius 1 is 1.31 bits per heavy atom. The van der Waals surface area contributed by atoms with E-state index in [1.54, 1.807) is 11.3 Å². The van der Waals surface area contributed by atoms with Crippen molar-refractivity contribution in [3.63, 3.8) is 0 Å². The van der Waals surface area contributed by atoms with Crippen LogP contribution in [0, 0.1) is 5.92 Å². The molecule has 0 aromatic carbocycles. The average Bonchev–Trinajstić information content (AvgIpc) is 2.71. The molecule has 0 bridgehead atoms. The highest BCUT2D eigenvalue weighted by Gasteiger charge is 2.23. The molecule has 0 saturated heterocycles. The molecule has 1 heterocycles. The van der Waals surface area contributed by atoms with Gasteiger partial charge in [-0.1, -0.05) is 25.3 Å². The highest BCUT2D eigenvalue weighted by molar-refractivity contribution is 7.10. The largest absolute Gasteiger partial charge is 0.387 e. The molecule has 1 aliphatic carbocycles. The molecule has 1 atom stereocenters. The van der Waals surface area contributed by atoms with Crippen molar-refractivity contribution in [2.45, 2.75) is 38.2 Å². The third-order valence-corrected chi connectivity index (χ3v) is 3.87. The van der Waals surface area contributed by atoms with E-state index in [-0.39, 0.29) is 6.10 Å². The van der Waals surface area contributed by atoms with E-state index in [1.807, 2.05) is 17.5 Å². The molecule has 1 saturated carbocycles. The number of thiophene rings is 1. The first-order valence-corrected chi connectivity index (χ1v) is 5.97. The van der Waals surface area contributed by atoms with Crippen molar-refractivity contribution in [2.75, 3.05) is 0 Å². The zero-order chi connectivity index (χ0) is 9.10. The van der Waals surface area contributed by atoms with Crippen LogP contribution in [0.1, 0.15) is 43.1 Å². The summed E-state index contributed by atoms with van der Waals surface area (Å²) in [4.78, 5) is 1.15. The van der Waals surface area contributed by atoms with E-state index in [2.05, 4.69) is 0 Å². The molecular weight excluding hydrogens is 180 g/mol. The Balaban J connectivity index is 1.99. The van der Waals surface area contributed by atoms with Crippen LogP contribution in [0.5, 0.6) is 0 Å². The van der Waals surface area contributed by atoms with Crippen LogP contribution < -0.4 is 0 Å². The van der Waals surface area contributed by atoms with E-state index in [9.17, 15) is 5.11 Å². The van der Waals surface area contributed by atoms with E-state index in [0.29, 0.717) is 5.92 Å². The molecule has 1 aromatic rings. The van der Waals surface area contributed by atoms with Gasteiger partial charge in [0, 0.05) is 4.88 Å². The van der Waals surface area contributed by atoms with Crippen molar-refractivity contribution in [2.24, 2.45) is 5.92 Å². The molecule has 0 aliphatic heterocycles. The monoisotopic (exact) mass is 196 g/mol. The third kappa shape index (κ3) is 2.12. The number of aliphatic hydroxyl groups is 1. The molecule has 1 N–H and O–H groups in total. The molecule has 0 amide bonds. The second kappa shape index (κ2) is 4.25. The molecule has 1 aromatic heterocycles. The molecular formula is C11H16OS. The van der Waals surface area contributed by atoms with Gasteiger partial charge in [-0.3, -0.25) is 0 Å². The molecule has 0 spiro atoms. The predicted molar refractivity (Wildman–Crippen MR) is 55.9 cm³/mol. The molecule has 13 heavy (non-hydrogen) atoms. The fourth-order valence-electron chi connectivity index (χ4n) is 2.14. The van der Waals surface area contributed by atoms with Gasteiger partial charge < -0.3 is 5.11 Å². The van der Waals surface area contributed by atoms with Crippen molar-refractivity contribution in [1.82, 2.24) is 0 Å². The number of hydrogen-bond donors (Lipinski definition) is 1. The SMILES string of the molecule is O[C@H](c1cccs1)C1CCCCC1. The van der Waals surface area contributed by atoms with Gasteiger partial charge in [-0.15, -0.1) is 11.3 Å². The lowest BCUT2D eigenvalue weighted by Gasteiger charge is -2.25. The fourth-order valence-corrected chi connectivity index (χ4v) is 2.95. The minimum atomic E-state index is -0.194. The van der Waals surface area contributed by atoms with Crippen LogP contribution in [0.4, 0.5) is 0 Å². The van der Waals surface area contributed by atoms with Crippen molar-refractivity contribution >= 4 is 11.3 Å². The molecule has 1 fully saturated rings. The summed E-state index contributed by atoms with van der Waals surface area (Å²) in [7, 11) is 0. The van der Waals surface area contributed by atoms with E-state index in [0.717, 1.165) is 4.88 Å². The Hall–Kier alpha value is -0.340. The lowest BCUT2D eigenvalue weighted by atomic mass is 9.85. The normalized spacial score (nSPS) is 21.6. The Morgan fingerprint density at radius 3 is 2.69 bits per heavy atom. The minimum Gasteiger partial charge on any atom is -0.387 e. The lowest BCUT2D eigenvalue weighted by molar-refractivity contribution is 0.0879. The van der Waals surface area contributed by atoms with E-state index < -0.39 is 0 Å². The topological polar surface area (TPSA) is 20.2 Å². The molecule has 1 aliphatic rings. The smallest absolute Gasteiger partial charge is 0.0909 e. The summed E-state index contributed by atoms with van der Waals surface area (Å²) in [6.45, 7) is 0. The van der Waals surface area contributed by atoms with Crippen molar-refractivity contribution < 1.29 is 5.11 Å². The van der Waals surface area contributed by atoms with Gasteiger partial charge in [-0.05, 0) is 30.2 Å². The maximum Gasteiger partial charge on any atom is 0.0909 e. The van der Waals surface area contributed by atoms with Crippen LogP contribution in [0.15, 0.2) is 17.5 Å². The average molecular weight is 196 g/mol. The first-order chi connectivity index (χ1) is 6.38. The zero-order valence-electron chi connectivity index (χ0n) is 7.78. The van der Waals surface area contributed by atoms with E-state index in [1.165, 1.54) is 32.1 Å². The summed E-state index contributed by atoms with van der Waals surface area (Å²) in [5.74, 6) is 0.521. The summed E-state index contributed by atoms with van der Waals surface area (Å²) in [5, 5.41) is 12.1. The Kier molecular flexibility index (Phi) is 3.01. The van der Waals surface area contributed by atoms with Crippen molar-refractivity contribution in [3.8, 4) is 0 Å². The molecule has 72 valence electrons. The van der Waals surface area contributed by atoms with Crippen LogP contribution in [-0.2, 0) is 0 Å². The van der Waals surface area contributed by atoms with Crippen LogP contribution >= 0.6 is 11.3 Å². The first-order valence-electron chi connectivity index (χ1n) is 5.09. The molecule has 1 nitrogen and oxygen atoms in total. The van der Waals surface area contributed by atoms with E-state index in [4.69, 9.17) is 0 Å².